The van der Waals surface area contributed by atoms with Gasteiger partial charge in [0.25, 0.3) is 0 Å². The molecule has 1 saturated carbocycles. The minimum Gasteiger partial charge on any atom is -0.299 e. The number of hydrogen-bond acceptors (Lipinski definition) is 2. The Labute approximate surface area is 114 Å². The lowest BCUT2D eigenvalue weighted by Crippen LogP contribution is -2.26. The summed E-state index contributed by atoms with van der Waals surface area (Å²) >= 11 is 6.23. The molecule has 1 aromatic rings. The first-order chi connectivity index (χ1) is 8.72. The van der Waals surface area contributed by atoms with Gasteiger partial charge in [-0.05, 0) is 49.4 Å². The van der Waals surface area contributed by atoms with Gasteiger partial charge in [0, 0.05) is 18.1 Å². The van der Waals surface area contributed by atoms with E-state index in [1.807, 2.05) is 12.1 Å². The predicted octanol–water partition coefficient (Wildman–Crippen LogP) is 3.83. The molecule has 1 aliphatic rings. The number of nitriles is 1. The predicted molar refractivity (Wildman–Crippen MR) is 74.5 cm³/mol. The van der Waals surface area contributed by atoms with Gasteiger partial charge in [-0.3, -0.25) is 4.90 Å². The topological polar surface area (TPSA) is 27.0 Å². The molecule has 3 heteroatoms. The van der Waals surface area contributed by atoms with E-state index in [1.54, 1.807) is 6.07 Å². The first kappa shape index (κ1) is 13.4. The summed E-state index contributed by atoms with van der Waals surface area (Å²) in [5, 5.41) is 9.54. The van der Waals surface area contributed by atoms with Crippen LogP contribution in [-0.2, 0) is 6.54 Å². The summed E-state index contributed by atoms with van der Waals surface area (Å²) in [5.41, 5.74) is 1.76. The van der Waals surface area contributed by atoms with Gasteiger partial charge in [0.05, 0.1) is 11.6 Å². The summed E-state index contributed by atoms with van der Waals surface area (Å²) in [7, 11) is 0. The maximum absolute atomic E-state index is 8.83. The third kappa shape index (κ3) is 3.73. The smallest absolute Gasteiger partial charge is 0.0992 e. The van der Waals surface area contributed by atoms with Gasteiger partial charge in [-0.25, -0.2) is 0 Å². The molecule has 0 spiro atoms. The van der Waals surface area contributed by atoms with Crippen LogP contribution in [0.15, 0.2) is 18.2 Å². The van der Waals surface area contributed by atoms with E-state index in [0.29, 0.717) is 10.6 Å². The number of rotatable bonds is 6. The van der Waals surface area contributed by atoms with E-state index in [-0.39, 0.29) is 0 Å². The highest BCUT2D eigenvalue weighted by atomic mass is 35.5. The van der Waals surface area contributed by atoms with Gasteiger partial charge in [-0.15, -0.1) is 0 Å². The van der Waals surface area contributed by atoms with Crippen molar-refractivity contribution in [1.82, 2.24) is 4.90 Å². The van der Waals surface area contributed by atoms with Crippen LogP contribution in [0, 0.1) is 17.2 Å². The third-order valence-electron chi connectivity index (χ3n) is 3.33. The number of hydrogen-bond donors (Lipinski definition) is 0. The molecule has 0 aliphatic heterocycles. The second-order valence-electron chi connectivity index (χ2n) is 5.10. The fourth-order valence-corrected chi connectivity index (χ4v) is 2.44. The molecular weight excluding hydrogens is 244 g/mol. The van der Waals surface area contributed by atoms with E-state index < -0.39 is 0 Å². The highest BCUT2D eigenvalue weighted by Crippen LogP contribution is 2.30. The van der Waals surface area contributed by atoms with E-state index in [0.717, 1.165) is 24.6 Å². The molecule has 0 amide bonds. The van der Waals surface area contributed by atoms with Gasteiger partial charge in [0.15, 0.2) is 0 Å². The quantitative estimate of drug-likeness (QED) is 0.779. The first-order valence-electron chi connectivity index (χ1n) is 6.63. The lowest BCUT2D eigenvalue weighted by Gasteiger charge is -2.22. The average Bonchev–Trinajstić information content (AvgIpc) is 3.16. The van der Waals surface area contributed by atoms with Crippen LogP contribution in [-0.4, -0.2) is 18.0 Å². The maximum Gasteiger partial charge on any atom is 0.0992 e. The fourth-order valence-electron chi connectivity index (χ4n) is 2.20. The summed E-state index contributed by atoms with van der Waals surface area (Å²) in [5.74, 6) is 0.897. The fraction of sp³-hybridized carbons (Fsp3) is 0.533. The molecule has 2 nitrogen and oxygen atoms in total. The molecule has 18 heavy (non-hydrogen) atoms. The molecular formula is C15H19ClN2. The lowest BCUT2D eigenvalue weighted by molar-refractivity contribution is 0.255. The number of benzene rings is 1. The van der Waals surface area contributed by atoms with Crippen LogP contribution in [0.3, 0.4) is 0 Å². The van der Waals surface area contributed by atoms with Crippen LogP contribution >= 0.6 is 11.6 Å². The van der Waals surface area contributed by atoms with E-state index >= 15 is 0 Å². The summed E-state index contributed by atoms with van der Waals surface area (Å²) in [4.78, 5) is 2.48. The van der Waals surface area contributed by atoms with Gasteiger partial charge < -0.3 is 0 Å². The average molecular weight is 263 g/mol. The maximum atomic E-state index is 8.83. The standard InChI is InChI=1S/C15H19ClN2/c1-2-7-18(10-12-3-4-12)11-14-6-5-13(9-17)8-15(14)16/h5-6,8,12H,2-4,7,10-11H2,1H3. The van der Waals surface area contributed by atoms with Gasteiger partial charge in [-0.2, -0.15) is 5.26 Å². The first-order valence-corrected chi connectivity index (χ1v) is 7.01. The molecule has 0 saturated heterocycles. The van der Waals surface area contributed by atoms with Crippen LogP contribution in [0.25, 0.3) is 0 Å². The zero-order valence-electron chi connectivity index (χ0n) is 10.8. The molecule has 2 rings (SSSR count). The molecule has 0 atom stereocenters. The van der Waals surface area contributed by atoms with Gasteiger partial charge in [0.1, 0.15) is 0 Å². The Hall–Kier alpha value is -1.04. The Morgan fingerprint density at radius 2 is 2.22 bits per heavy atom. The molecule has 0 radical (unpaired) electrons. The van der Waals surface area contributed by atoms with Crippen molar-refractivity contribution in [3.8, 4) is 6.07 Å². The molecule has 1 aliphatic carbocycles. The molecule has 0 heterocycles. The largest absolute Gasteiger partial charge is 0.299 e. The van der Waals surface area contributed by atoms with E-state index in [9.17, 15) is 0 Å². The molecule has 1 aromatic carbocycles. The Balaban J connectivity index is 2.03. The van der Waals surface area contributed by atoms with Crippen molar-refractivity contribution >= 4 is 11.6 Å². The summed E-state index contributed by atoms with van der Waals surface area (Å²) < 4.78 is 0. The monoisotopic (exact) mass is 262 g/mol. The van der Waals surface area contributed by atoms with Crippen molar-refractivity contribution in [2.45, 2.75) is 32.7 Å². The highest BCUT2D eigenvalue weighted by Gasteiger charge is 2.24. The Morgan fingerprint density at radius 3 is 2.78 bits per heavy atom. The van der Waals surface area contributed by atoms with Crippen molar-refractivity contribution in [2.75, 3.05) is 13.1 Å². The van der Waals surface area contributed by atoms with Gasteiger partial charge in [-0.1, -0.05) is 24.6 Å². The molecule has 1 fully saturated rings. The number of halogens is 1. The van der Waals surface area contributed by atoms with E-state index in [2.05, 4.69) is 17.9 Å². The van der Waals surface area contributed by atoms with Crippen molar-refractivity contribution in [2.24, 2.45) is 5.92 Å². The molecule has 0 unspecified atom stereocenters. The summed E-state index contributed by atoms with van der Waals surface area (Å²) in [6, 6.07) is 7.71. The van der Waals surface area contributed by atoms with Crippen LogP contribution in [0.4, 0.5) is 0 Å². The van der Waals surface area contributed by atoms with Crippen molar-refractivity contribution < 1.29 is 0 Å². The molecule has 96 valence electrons. The normalized spacial score (nSPS) is 14.8. The van der Waals surface area contributed by atoms with Gasteiger partial charge in [0.2, 0.25) is 0 Å². The van der Waals surface area contributed by atoms with Crippen molar-refractivity contribution in [3.05, 3.63) is 34.3 Å². The Kier molecular flexibility index (Phi) is 4.63. The minimum atomic E-state index is 0.632. The van der Waals surface area contributed by atoms with E-state index in [4.69, 9.17) is 16.9 Å². The zero-order chi connectivity index (χ0) is 13.0. The van der Waals surface area contributed by atoms with Crippen molar-refractivity contribution in [1.29, 1.82) is 5.26 Å². The Bertz CT molecular complexity index is 446. The summed E-state index contributed by atoms with van der Waals surface area (Å²) in [6.07, 6.45) is 3.92. The second-order valence-corrected chi connectivity index (χ2v) is 5.50. The van der Waals surface area contributed by atoms with Crippen LogP contribution < -0.4 is 0 Å². The van der Waals surface area contributed by atoms with Gasteiger partial charge >= 0.3 is 0 Å². The zero-order valence-corrected chi connectivity index (χ0v) is 11.6. The Morgan fingerprint density at radius 1 is 1.44 bits per heavy atom. The lowest BCUT2D eigenvalue weighted by atomic mass is 10.1. The summed E-state index contributed by atoms with van der Waals surface area (Å²) in [6.45, 7) is 5.41. The third-order valence-corrected chi connectivity index (χ3v) is 3.68. The minimum absolute atomic E-state index is 0.632. The second kappa shape index (κ2) is 6.22. The SMILES string of the molecule is CCCN(Cc1ccc(C#N)cc1Cl)CC1CC1. The van der Waals surface area contributed by atoms with Crippen molar-refractivity contribution in [3.63, 3.8) is 0 Å². The van der Waals surface area contributed by atoms with E-state index in [1.165, 1.54) is 25.8 Å². The molecule has 0 aromatic heterocycles. The van der Waals surface area contributed by atoms with Crippen LogP contribution in [0.2, 0.25) is 5.02 Å². The van der Waals surface area contributed by atoms with Crippen LogP contribution in [0.1, 0.15) is 37.3 Å². The van der Waals surface area contributed by atoms with Crippen LogP contribution in [0.5, 0.6) is 0 Å². The number of nitrogens with zero attached hydrogens (tertiary/aromatic N) is 2. The molecule has 0 N–H and O–H groups in total. The highest BCUT2D eigenvalue weighted by molar-refractivity contribution is 6.31. The molecule has 0 bridgehead atoms.